The van der Waals surface area contributed by atoms with E-state index in [0.717, 1.165) is 59.2 Å². The third-order valence-corrected chi connectivity index (χ3v) is 13.6. The zero-order valence-corrected chi connectivity index (χ0v) is 23.7. The second kappa shape index (κ2) is 7.31. The van der Waals surface area contributed by atoms with Gasteiger partial charge in [-0.3, -0.25) is 0 Å². The maximum Gasteiger partial charge on any atom is 0.0259 e. The SMILES string of the molecule is CC1(C)c2cc(C3C4CC5CC(C4)CC3C5)ccc2-c2c(Br)cc(C3C4CC5CC(C4)CC3C5)cc21. The molecule has 0 unspecified atom stereocenters. The van der Waals surface area contributed by atoms with Crippen molar-refractivity contribution < 1.29 is 0 Å². The van der Waals surface area contributed by atoms with Crippen molar-refractivity contribution in [1.29, 1.82) is 0 Å². The molecule has 188 valence electrons. The first-order valence-electron chi connectivity index (χ1n) is 15.4. The van der Waals surface area contributed by atoms with Crippen LogP contribution in [0.1, 0.15) is 112 Å². The van der Waals surface area contributed by atoms with Gasteiger partial charge in [-0.2, -0.15) is 0 Å². The van der Waals surface area contributed by atoms with E-state index in [-0.39, 0.29) is 5.41 Å². The van der Waals surface area contributed by atoms with Gasteiger partial charge in [0.25, 0.3) is 0 Å². The molecule has 0 radical (unpaired) electrons. The molecule has 36 heavy (non-hydrogen) atoms. The predicted octanol–water partition coefficient (Wildman–Crippen LogP) is 9.83. The molecule has 0 amide bonds. The minimum atomic E-state index is 0.0943. The molecule has 2 aromatic rings. The lowest BCUT2D eigenvalue weighted by Crippen LogP contribution is -2.43. The fraction of sp³-hybridized carbons (Fsp3) is 0.657. The third kappa shape index (κ3) is 2.88. The zero-order chi connectivity index (χ0) is 23.9. The van der Waals surface area contributed by atoms with E-state index in [1.807, 2.05) is 0 Å². The highest BCUT2D eigenvalue weighted by Gasteiger charge is 2.51. The lowest BCUT2D eigenvalue weighted by molar-refractivity contribution is -0.00284. The van der Waals surface area contributed by atoms with E-state index in [4.69, 9.17) is 0 Å². The number of fused-ring (bicyclic) bond motifs is 3. The topological polar surface area (TPSA) is 0 Å². The van der Waals surface area contributed by atoms with Crippen molar-refractivity contribution in [2.75, 3.05) is 0 Å². The number of halogens is 1. The summed E-state index contributed by atoms with van der Waals surface area (Å²) in [6.45, 7) is 5.04. The summed E-state index contributed by atoms with van der Waals surface area (Å²) < 4.78 is 1.36. The maximum atomic E-state index is 4.13. The standard InChI is InChI=1S/C35H41Br/c1-35(2)29-15-22(32-23-7-18-5-19(9-23)10-24(32)8-18)3-4-28(29)34-30(35)16-27(17-31(34)36)33-25-11-20-6-21(13-25)14-26(33)12-20/h3-4,15-21,23-26,32-33H,5-14H2,1-2H3. The molecule has 9 aliphatic carbocycles. The summed E-state index contributed by atoms with van der Waals surface area (Å²) in [5.41, 5.74) is 9.64. The molecule has 0 N–H and O–H groups in total. The van der Waals surface area contributed by atoms with Gasteiger partial charge in [0, 0.05) is 15.5 Å². The van der Waals surface area contributed by atoms with Crippen molar-refractivity contribution in [3.63, 3.8) is 0 Å². The van der Waals surface area contributed by atoms with E-state index in [1.54, 1.807) is 35.1 Å². The van der Waals surface area contributed by atoms with Crippen molar-refractivity contribution in [2.24, 2.45) is 47.3 Å². The molecule has 0 aliphatic heterocycles. The van der Waals surface area contributed by atoms with Crippen molar-refractivity contribution >= 4 is 15.9 Å². The molecular weight excluding hydrogens is 500 g/mol. The fourth-order valence-corrected chi connectivity index (χ4v) is 12.9. The first-order valence-corrected chi connectivity index (χ1v) is 16.2. The second-order valence-electron chi connectivity index (χ2n) is 15.3. The second-order valence-corrected chi connectivity index (χ2v) is 16.1. The molecule has 11 rings (SSSR count). The lowest BCUT2D eigenvalue weighted by atomic mass is 9.50. The first-order chi connectivity index (χ1) is 17.4. The largest absolute Gasteiger partial charge is 0.0581 e. The molecule has 0 spiro atoms. The van der Waals surface area contributed by atoms with Crippen molar-refractivity contribution in [3.8, 4) is 11.1 Å². The predicted molar refractivity (Wildman–Crippen MR) is 151 cm³/mol. The van der Waals surface area contributed by atoms with Gasteiger partial charge in [0.1, 0.15) is 0 Å². The van der Waals surface area contributed by atoms with Gasteiger partial charge in [0.2, 0.25) is 0 Å². The lowest BCUT2D eigenvalue weighted by Gasteiger charge is -2.54. The number of hydrogen-bond donors (Lipinski definition) is 0. The van der Waals surface area contributed by atoms with E-state index >= 15 is 0 Å². The highest BCUT2D eigenvalue weighted by molar-refractivity contribution is 9.10. The molecule has 0 atom stereocenters. The average molecular weight is 542 g/mol. The Morgan fingerprint density at radius 3 is 1.58 bits per heavy atom. The molecule has 2 aromatic carbocycles. The van der Waals surface area contributed by atoms with Gasteiger partial charge in [0.05, 0.1) is 0 Å². The molecule has 8 saturated carbocycles. The molecule has 0 saturated heterocycles. The van der Waals surface area contributed by atoms with Crippen molar-refractivity contribution in [1.82, 2.24) is 0 Å². The Labute approximate surface area is 226 Å². The molecule has 0 heterocycles. The van der Waals surface area contributed by atoms with Crippen LogP contribution in [0.25, 0.3) is 11.1 Å². The normalized spacial score (nSPS) is 44.2. The smallest absolute Gasteiger partial charge is 0.0259 e. The van der Waals surface area contributed by atoms with Crippen LogP contribution in [0.3, 0.4) is 0 Å². The van der Waals surface area contributed by atoms with Crippen LogP contribution in [0.15, 0.2) is 34.8 Å². The fourth-order valence-electron chi connectivity index (χ4n) is 12.2. The molecule has 1 heteroatoms. The van der Waals surface area contributed by atoms with E-state index in [9.17, 15) is 0 Å². The van der Waals surface area contributed by atoms with Crippen LogP contribution in [-0.4, -0.2) is 0 Å². The number of benzene rings is 2. The van der Waals surface area contributed by atoms with Gasteiger partial charge < -0.3 is 0 Å². The molecular formula is C35H41Br. The van der Waals surface area contributed by atoms with Gasteiger partial charge in [-0.05, 0) is 157 Å². The summed E-state index contributed by atoms with van der Waals surface area (Å²) in [5, 5.41) is 0. The molecule has 9 aliphatic rings. The quantitative estimate of drug-likeness (QED) is 0.355. The summed E-state index contributed by atoms with van der Waals surface area (Å²) in [5.74, 6) is 9.65. The first kappa shape index (κ1) is 21.8. The van der Waals surface area contributed by atoms with E-state index in [0.29, 0.717) is 0 Å². The minimum Gasteiger partial charge on any atom is -0.0581 e. The van der Waals surface area contributed by atoms with Crippen LogP contribution < -0.4 is 0 Å². The highest BCUT2D eigenvalue weighted by Crippen LogP contribution is 2.63. The Bertz CT molecular complexity index is 1210. The average Bonchev–Trinajstić information content (AvgIpc) is 3.05. The van der Waals surface area contributed by atoms with Crippen LogP contribution >= 0.6 is 15.9 Å². The summed E-state index contributed by atoms with van der Waals surface area (Å²) in [4.78, 5) is 0. The number of rotatable bonds is 2. The van der Waals surface area contributed by atoms with Gasteiger partial charge >= 0.3 is 0 Å². The van der Waals surface area contributed by atoms with Crippen molar-refractivity contribution in [2.45, 2.75) is 95.3 Å². The van der Waals surface area contributed by atoms with Crippen LogP contribution in [0, 0.1) is 47.3 Å². The summed E-state index contributed by atoms with van der Waals surface area (Å²) in [7, 11) is 0. The third-order valence-electron chi connectivity index (χ3n) is 13.0. The van der Waals surface area contributed by atoms with Gasteiger partial charge in [-0.1, -0.05) is 54.0 Å². The van der Waals surface area contributed by atoms with Crippen LogP contribution in [0.5, 0.6) is 0 Å². The zero-order valence-electron chi connectivity index (χ0n) is 22.1. The molecule has 8 fully saturated rings. The Morgan fingerprint density at radius 2 is 1.06 bits per heavy atom. The minimum absolute atomic E-state index is 0.0943. The van der Waals surface area contributed by atoms with Crippen LogP contribution in [0.4, 0.5) is 0 Å². The van der Waals surface area contributed by atoms with Gasteiger partial charge in [-0.15, -0.1) is 0 Å². The van der Waals surface area contributed by atoms with E-state index in [2.05, 4.69) is 60.1 Å². The number of hydrogen-bond acceptors (Lipinski definition) is 0. The summed E-state index contributed by atoms with van der Waals surface area (Å²) in [6.07, 6.45) is 15.2. The maximum absolute atomic E-state index is 4.13. The Kier molecular flexibility index (Phi) is 4.43. The molecule has 0 aromatic heterocycles. The van der Waals surface area contributed by atoms with E-state index < -0.39 is 0 Å². The Morgan fingerprint density at radius 1 is 0.583 bits per heavy atom. The van der Waals surface area contributed by atoms with Crippen LogP contribution in [-0.2, 0) is 5.41 Å². The Hall–Kier alpha value is -1.08. The molecule has 8 bridgehead atoms. The summed E-state index contributed by atoms with van der Waals surface area (Å²) >= 11 is 4.13. The Balaban J connectivity index is 1.11. The van der Waals surface area contributed by atoms with E-state index in [1.165, 1.54) is 67.0 Å². The summed E-state index contributed by atoms with van der Waals surface area (Å²) in [6, 6.07) is 13.0. The van der Waals surface area contributed by atoms with Gasteiger partial charge in [0.15, 0.2) is 0 Å². The highest BCUT2D eigenvalue weighted by atomic mass is 79.9. The van der Waals surface area contributed by atoms with Crippen LogP contribution in [0.2, 0.25) is 0 Å². The molecule has 0 nitrogen and oxygen atoms in total. The monoisotopic (exact) mass is 540 g/mol. The van der Waals surface area contributed by atoms with Crippen molar-refractivity contribution in [3.05, 3.63) is 57.1 Å². The van der Waals surface area contributed by atoms with Gasteiger partial charge in [-0.25, -0.2) is 0 Å².